The Kier molecular flexibility index (Phi) is 5.65. The van der Waals surface area contributed by atoms with E-state index in [1.165, 1.54) is 19.3 Å². The maximum atomic E-state index is 12.6. The number of benzene rings is 2. The van der Waals surface area contributed by atoms with Gasteiger partial charge in [-0.25, -0.2) is 4.79 Å². The van der Waals surface area contributed by atoms with Crippen LogP contribution in [0.3, 0.4) is 0 Å². The average Bonchev–Trinajstić information content (AvgIpc) is 3.32. The first-order chi connectivity index (χ1) is 14.5. The van der Waals surface area contributed by atoms with Gasteiger partial charge < -0.3 is 15.0 Å². The molecule has 5 rings (SSSR count). The van der Waals surface area contributed by atoms with E-state index in [0.717, 1.165) is 23.5 Å². The van der Waals surface area contributed by atoms with Gasteiger partial charge in [-0.3, -0.25) is 0 Å². The van der Waals surface area contributed by atoms with Gasteiger partial charge in [0, 0.05) is 16.1 Å². The lowest BCUT2D eigenvalue weighted by molar-refractivity contribution is -0.0650. The van der Waals surface area contributed by atoms with E-state index in [9.17, 15) is 4.79 Å². The second-order valence-electron chi connectivity index (χ2n) is 8.88. The molecule has 3 fully saturated rings. The highest BCUT2D eigenvalue weighted by Crippen LogP contribution is 2.44. The fraction of sp³-hybridized carbons (Fsp3) is 0.458. The number of carbonyl (C=O) groups is 1. The third-order valence-electron chi connectivity index (χ3n) is 6.86. The van der Waals surface area contributed by atoms with Gasteiger partial charge in [0.15, 0.2) is 0 Å². The van der Waals surface area contributed by atoms with Crippen molar-refractivity contribution in [1.29, 1.82) is 0 Å². The molecule has 2 saturated carbocycles. The van der Waals surface area contributed by atoms with E-state index >= 15 is 0 Å². The minimum Gasteiger partial charge on any atom is -0.362 e. The number of hydrogen-bond donors (Lipinski definition) is 1. The normalized spacial score (nSPS) is 25.6. The highest BCUT2D eigenvalue weighted by atomic mass is 35.5. The van der Waals surface area contributed by atoms with E-state index in [1.54, 1.807) is 0 Å². The highest BCUT2D eigenvalue weighted by molar-refractivity contribution is 6.30. The molecule has 3 aliphatic rings. The minimum absolute atomic E-state index is 0.00661. The Morgan fingerprint density at radius 2 is 1.53 bits per heavy atom. The summed E-state index contributed by atoms with van der Waals surface area (Å²) in [4.78, 5) is 14.5. The van der Waals surface area contributed by atoms with Crippen LogP contribution in [0.15, 0.2) is 48.5 Å². The molecule has 6 heteroatoms. The first-order valence-electron chi connectivity index (χ1n) is 10.8. The Morgan fingerprint density at radius 1 is 0.933 bits per heavy atom. The number of urea groups is 1. The first-order valence-corrected chi connectivity index (χ1v) is 11.5. The van der Waals surface area contributed by atoms with Crippen molar-refractivity contribution in [2.45, 2.75) is 43.9 Å². The molecule has 1 aliphatic heterocycles. The molecule has 1 saturated heterocycles. The zero-order valence-corrected chi connectivity index (χ0v) is 18.3. The summed E-state index contributed by atoms with van der Waals surface area (Å²) in [7, 11) is 0. The molecule has 30 heavy (non-hydrogen) atoms. The van der Waals surface area contributed by atoms with Gasteiger partial charge in [-0.15, -0.1) is 0 Å². The largest absolute Gasteiger partial charge is 0.362 e. The van der Waals surface area contributed by atoms with Crippen molar-refractivity contribution in [1.82, 2.24) is 10.2 Å². The van der Waals surface area contributed by atoms with Gasteiger partial charge in [0.1, 0.15) is 6.10 Å². The number of fused-ring (bicyclic) bond motifs is 2. The Labute approximate surface area is 187 Å². The lowest BCUT2D eigenvalue weighted by atomic mass is 9.95. The van der Waals surface area contributed by atoms with Crippen LogP contribution in [0.2, 0.25) is 10.0 Å². The summed E-state index contributed by atoms with van der Waals surface area (Å²) in [6, 6.07) is 15.9. The molecule has 2 aromatic rings. The van der Waals surface area contributed by atoms with Gasteiger partial charge in [-0.2, -0.15) is 0 Å². The molecule has 1 N–H and O–H groups in total. The van der Waals surface area contributed by atoms with Gasteiger partial charge in [0.2, 0.25) is 0 Å². The number of nitrogens with one attached hydrogen (secondary N) is 1. The average molecular weight is 445 g/mol. The topological polar surface area (TPSA) is 41.6 Å². The summed E-state index contributed by atoms with van der Waals surface area (Å²) < 4.78 is 6.43. The van der Waals surface area contributed by atoms with Crippen LogP contribution in [0.25, 0.3) is 0 Å². The van der Waals surface area contributed by atoms with Gasteiger partial charge in [-0.05, 0) is 66.5 Å². The van der Waals surface area contributed by atoms with Crippen molar-refractivity contribution in [3.8, 4) is 0 Å². The van der Waals surface area contributed by atoms with E-state index in [4.69, 9.17) is 27.9 Å². The number of nitrogens with zero attached hydrogens (tertiary/aromatic N) is 1. The number of likely N-dealkylation sites (tertiary alicyclic amines) is 1. The maximum absolute atomic E-state index is 12.6. The van der Waals surface area contributed by atoms with Crippen LogP contribution in [0.5, 0.6) is 0 Å². The van der Waals surface area contributed by atoms with Gasteiger partial charge in [0.05, 0.1) is 19.2 Å². The van der Waals surface area contributed by atoms with Gasteiger partial charge >= 0.3 is 6.03 Å². The molecule has 2 amide bonds. The van der Waals surface area contributed by atoms with Crippen molar-refractivity contribution in [2.24, 2.45) is 11.8 Å². The molecule has 4 nitrogen and oxygen atoms in total. The van der Waals surface area contributed by atoms with Crippen molar-refractivity contribution < 1.29 is 9.53 Å². The number of rotatable bonds is 5. The van der Waals surface area contributed by atoms with Gasteiger partial charge in [-0.1, -0.05) is 53.9 Å². The Balaban J connectivity index is 1.21. The number of carbonyl (C=O) groups excluding carboxylic acids is 1. The van der Waals surface area contributed by atoms with Crippen LogP contribution in [0.4, 0.5) is 4.79 Å². The Bertz CT molecular complexity index is 851. The highest BCUT2D eigenvalue weighted by Gasteiger charge is 2.42. The SMILES string of the molecule is O=C(NC1CC2CCC1C2)N1CC(OC(c2ccc(Cl)cc2)c2ccc(Cl)cc2)C1. The summed E-state index contributed by atoms with van der Waals surface area (Å²) in [5.41, 5.74) is 2.07. The Morgan fingerprint density at radius 3 is 2.03 bits per heavy atom. The van der Waals surface area contributed by atoms with E-state index in [2.05, 4.69) is 5.32 Å². The second kappa shape index (κ2) is 8.41. The van der Waals surface area contributed by atoms with Gasteiger partial charge in [0.25, 0.3) is 0 Å². The van der Waals surface area contributed by atoms with Crippen molar-refractivity contribution in [2.75, 3.05) is 13.1 Å². The van der Waals surface area contributed by atoms with Crippen LogP contribution < -0.4 is 5.32 Å². The predicted octanol–water partition coefficient (Wildman–Crippen LogP) is 5.68. The molecule has 0 radical (unpaired) electrons. The van der Waals surface area contributed by atoms with Crippen LogP contribution in [-0.4, -0.2) is 36.2 Å². The van der Waals surface area contributed by atoms with E-state index in [1.807, 2.05) is 53.4 Å². The fourth-order valence-electron chi connectivity index (χ4n) is 5.18. The quantitative estimate of drug-likeness (QED) is 0.643. The summed E-state index contributed by atoms with van der Waals surface area (Å²) >= 11 is 12.1. The zero-order valence-electron chi connectivity index (χ0n) is 16.8. The standard InChI is InChI=1S/C24H26Cl2N2O2/c25-19-7-3-16(4-8-19)23(17-5-9-20(26)10-6-17)30-21-13-28(14-21)24(29)27-22-12-15-1-2-18(22)11-15/h3-10,15,18,21-23H,1-2,11-14H2,(H,27,29). The van der Waals surface area contributed by atoms with Crippen LogP contribution in [0, 0.1) is 11.8 Å². The number of hydrogen-bond acceptors (Lipinski definition) is 2. The number of amides is 2. The fourth-order valence-corrected chi connectivity index (χ4v) is 5.43. The van der Waals surface area contributed by atoms with Crippen molar-refractivity contribution in [3.63, 3.8) is 0 Å². The lowest BCUT2D eigenvalue weighted by Gasteiger charge is -2.41. The third-order valence-corrected chi connectivity index (χ3v) is 7.36. The van der Waals surface area contributed by atoms with E-state index in [0.29, 0.717) is 35.1 Å². The summed E-state index contributed by atoms with van der Waals surface area (Å²) in [6.45, 7) is 1.23. The third kappa shape index (κ3) is 4.18. The zero-order chi connectivity index (χ0) is 20.7. The van der Waals surface area contributed by atoms with Crippen LogP contribution in [-0.2, 0) is 4.74 Å². The molecule has 2 bridgehead atoms. The van der Waals surface area contributed by atoms with Crippen LogP contribution >= 0.6 is 23.2 Å². The predicted molar refractivity (Wildman–Crippen MR) is 119 cm³/mol. The summed E-state index contributed by atoms with van der Waals surface area (Å²) in [5.74, 6) is 1.51. The lowest BCUT2D eigenvalue weighted by Crippen LogP contribution is -2.59. The molecule has 2 aliphatic carbocycles. The molecule has 2 aromatic carbocycles. The monoisotopic (exact) mass is 444 g/mol. The first kappa shape index (κ1) is 20.2. The minimum atomic E-state index is -0.222. The summed E-state index contributed by atoms with van der Waals surface area (Å²) in [5, 5.41) is 4.65. The molecule has 3 atom stereocenters. The van der Waals surface area contributed by atoms with Crippen molar-refractivity contribution in [3.05, 3.63) is 69.7 Å². The second-order valence-corrected chi connectivity index (χ2v) is 9.75. The molecule has 3 unspecified atom stereocenters. The molecular weight excluding hydrogens is 419 g/mol. The summed E-state index contributed by atoms with van der Waals surface area (Å²) in [6.07, 6.45) is 4.84. The molecular formula is C24H26Cl2N2O2. The molecule has 0 aromatic heterocycles. The smallest absolute Gasteiger partial charge is 0.317 e. The van der Waals surface area contributed by atoms with Crippen molar-refractivity contribution >= 4 is 29.2 Å². The molecule has 158 valence electrons. The van der Waals surface area contributed by atoms with Crippen LogP contribution in [0.1, 0.15) is 42.9 Å². The van der Waals surface area contributed by atoms with E-state index in [-0.39, 0.29) is 18.2 Å². The number of ether oxygens (including phenoxy) is 1. The Hall–Kier alpha value is -1.75. The molecule has 1 heterocycles. The van der Waals surface area contributed by atoms with E-state index < -0.39 is 0 Å². The maximum Gasteiger partial charge on any atom is 0.317 e. The number of halogens is 2. The molecule has 0 spiro atoms.